The van der Waals surface area contributed by atoms with Crippen molar-refractivity contribution in [3.05, 3.63) is 64.1 Å². The SMILES string of the molecule is CCC(NC1COc2ccccc21)c1cccc(Br)c1. The summed E-state index contributed by atoms with van der Waals surface area (Å²) in [5.41, 5.74) is 2.58. The number of fused-ring (bicyclic) bond motifs is 1. The average Bonchev–Trinajstić information content (AvgIpc) is 2.88. The highest BCUT2D eigenvalue weighted by atomic mass is 79.9. The lowest BCUT2D eigenvalue weighted by Gasteiger charge is -2.22. The molecule has 0 amide bonds. The Balaban J connectivity index is 1.80. The summed E-state index contributed by atoms with van der Waals surface area (Å²) in [5, 5.41) is 3.72. The van der Waals surface area contributed by atoms with Crippen LogP contribution < -0.4 is 10.1 Å². The number of hydrogen-bond donors (Lipinski definition) is 1. The van der Waals surface area contributed by atoms with Crippen molar-refractivity contribution >= 4 is 15.9 Å². The minimum absolute atomic E-state index is 0.273. The Hall–Kier alpha value is -1.32. The monoisotopic (exact) mass is 331 g/mol. The Morgan fingerprint density at radius 3 is 2.90 bits per heavy atom. The van der Waals surface area contributed by atoms with Gasteiger partial charge < -0.3 is 10.1 Å². The van der Waals surface area contributed by atoms with Crippen LogP contribution in [0.15, 0.2) is 53.0 Å². The maximum Gasteiger partial charge on any atom is 0.124 e. The molecule has 1 aliphatic rings. The summed E-state index contributed by atoms with van der Waals surface area (Å²) >= 11 is 3.55. The van der Waals surface area contributed by atoms with E-state index < -0.39 is 0 Å². The standard InChI is InChI=1S/C17H18BrNO/c1-2-15(12-6-5-7-13(18)10-12)19-16-11-20-17-9-4-3-8-14(16)17/h3-10,15-16,19H,2,11H2,1H3. The minimum Gasteiger partial charge on any atom is -0.491 e. The van der Waals surface area contributed by atoms with Crippen LogP contribution in [0.25, 0.3) is 0 Å². The minimum atomic E-state index is 0.273. The number of hydrogen-bond acceptors (Lipinski definition) is 2. The summed E-state index contributed by atoms with van der Waals surface area (Å²) in [7, 11) is 0. The van der Waals surface area contributed by atoms with Crippen LogP contribution in [0, 0.1) is 0 Å². The van der Waals surface area contributed by atoms with E-state index in [9.17, 15) is 0 Å². The summed E-state index contributed by atoms with van der Waals surface area (Å²) in [6.07, 6.45) is 1.05. The number of rotatable bonds is 4. The zero-order valence-corrected chi connectivity index (χ0v) is 13.1. The highest BCUT2D eigenvalue weighted by Crippen LogP contribution is 2.34. The van der Waals surface area contributed by atoms with Gasteiger partial charge in [-0.1, -0.05) is 53.2 Å². The summed E-state index contributed by atoms with van der Waals surface area (Å²) in [6.45, 7) is 2.92. The quantitative estimate of drug-likeness (QED) is 0.882. The van der Waals surface area contributed by atoms with Crippen molar-refractivity contribution in [2.24, 2.45) is 0 Å². The molecule has 3 rings (SSSR count). The second kappa shape index (κ2) is 5.98. The van der Waals surface area contributed by atoms with Gasteiger partial charge in [-0.05, 0) is 30.2 Å². The molecule has 2 unspecified atom stereocenters. The van der Waals surface area contributed by atoms with Crippen LogP contribution in [0.2, 0.25) is 0 Å². The maximum absolute atomic E-state index is 5.74. The molecule has 1 N–H and O–H groups in total. The second-order valence-electron chi connectivity index (χ2n) is 5.08. The van der Waals surface area contributed by atoms with Gasteiger partial charge in [0.1, 0.15) is 12.4 Å². The predicted octanol–water partition coefficient (Wildman–Crippen LogP) is 4.62. The summed E-state index contributed by atoms with van der Waals surface area (Å²) in [4.78, 5) is 0. The molecule has 1 heterocycles. The van der Waals surface area contributed by atoms with Crippen molar-refractivity contribution < 1.29 is 4.74 Å². The lowest BCUT2D eigenvalue weighted by atomic mass is 10.0. The maximum atomic E-state index is 5.74. The molecule has 1 aliphatic heterocycles. The van der Waals surface area contributed by atoms with Crippen LogP contribution in [-0.2, 0) is 0 Å². The van der Waals surface area contributed by atoms with Crippen molar-refractivity contribution in [3.63, 3.8) is 0 Å². The van der Waals surface area contributed by atoms with Gasteiger partial charge in [-0.2, -0.15) is 0 Å². The smallest absolute Gasteiger partial charge is 0.124 e. The van der Waals surface area contributed by atoms with E-state index in [1.165, 1.54) is 11.1 Å². The molecular weight excluding hydrogens is 314 g/mol. The molecule has 2 nitrogen and oxygen atoms in total. The molecule has 2 atom stereocenters. The first-order chi connectivity index (χ1) is 9.78. The van der Waals surface area contributed by atoms with Gasteiger partial charge in [0.25, 0.3) is 0 Å². The van der Waals surface area contributed by atoms with Crippen LogP contribution in [0.1, 0.15) is 36.6 Å². The zero-order valence-electron chi connectivity index (χ0n) is 11.5. The third-order valence-corrected chi connectivity index (χ3v) is 4.25. The average molecular weight is 332 g/mol. The van der Waals surface area contributed by atoms with Crippen LogP contribution in [0.5, 0.6) is 5.75 Å². The number of benzene rings is 2. The largest absolute Gasteiger partial charge is 0.491 e. The first kappa shape index (κ1) is 13.7. The molecule has 0 saturated carbocycles. The number of para-hydroxylation sites is 1. The van der Waals surface area contributed by atoms with Crippen molar-refractivity contribution in [1.82, 2.24) is 5.32 Å². The van der Waals surface area contributed by atoms with Gasteiger partial charge in [-0.3, -0.25) is 0 Å². The Labute approximate surface area is 128 Å². The fourth-order valence-corrected chi connectivity index (χ4v) is 3.13. The first-order valence-corrected chi connectivity index (χ1v) is 7.80. The van der Waals surface area contributed by atoms with Crippen LogP contribution in [0.3, 0.4) is 0 Å². The highest BCUT2D eigenvalue weighted by Gasteiger charge is 2.25. The molecule has 0 bridgehead atoms. The number of nitrogens with one attached hydrogen (secondary N) is 1. The van der Waals surface area contributed by atoms with Crippen LogP contribution in [-0.4, -0.2) is 6.61 Å². The molecule has 2 aromatic carbocycles. The topological polar surface area (TPSA) is 21.3 Å². The molecular formula is C17H18BrNO. The van der Waals surface area contributed by atoms with E-state index >= 15 is 0 Å². The highest BCUT2D eigenvalue weighted by molar-refractivity contribution is 9.10. The van der Waals surface area contributed by atoms with Crippen LogP contribution >= 0.6 is 15.9 Å². The van der Waals surface area contributed by atoms with Gasteiger partial charge in [0, 0.05) is 16.1 Å². The second-order valence-corrected chi connectivity index (χ2v) is 6.00. The summed E-state index contributed by atoms with van der Waals surface area (Å²) < 4.78 is 6.87. The molecule has 20 heavy (non-hydrogen) atoms. The normalized spacial score (nSPS) is 18.4. The van der Waals surface area contributed by atoms with Crippen molar-refractivity contribution in [3.8, 4) is 5.75 Å². The molecule has 0 radical (unpaired) electrons. The van der Waals surface area contributed by atoms with E-state index in [4.69, 9.17) is 4.74 Å². The molecule has 0 spiro atoms. The Kier molecular flexibility index (Phi) is 4.08. The van der Waals surface area contributed by atoms with Gasteiger partial charge in [0.2, 0.25) is 0 Å². The van der Waals surface area contributed by atoms with E-state index in [2.05, 4.69) is 64.6 Å². The molecule has 0 saturated heterocycles. The fourth-order valence-electron chi connectivity index (χ4n) is 2.72. The lowest BCUT2D eigenvalue weighted by Crippen LogP contribution is -2.27. The van der Waals surface area contributed by atoms with Crippen molar-refractivity contribution in [2.45, 2.75) is 25.4 Å². The molecule has 0 fully saturated rings. The van der Waals surface area contributed by atoms with Gasteiger partial charge >= 0.3 is 0 Å². The number of ether oxygens (including phenoxy) is 1. The number of halogens is 1. The van der Waals surface area contributed by atoms with E-state index in [1.54, 1.807) is 0 Å². The zero-order chi connectivity index (χ0) is 13.9. The summed E-state index contributed by atoms with van der Waals surface area (Å²) in [6, 6.07) is 17.4. The molecule has 3 heteroatoms. The van der Waals surface area contributed by atoms with E-state index in [-0.39, 0.29) is 6.04 Å². The molecule has 0 aromatic heterocycles. The van der Waals surface area contributed by atoms with Crippen molar-refractivity contribution in [2.75, 3.05) is 6.61 Å². The van der Waals surface area contributed by atoms with Crippen LogP contribution in [0.4, 0.5) is 0 Å². The Bertz CT molecular complexity index is 599. The van der Waals surface area contributed by atoms with Gasteiger partial charge in [-0.25, -0.2) is 0 Å². The lowest BCUT2D eigenvalue weighted by molar-refractivity contribution is 0.296. The third kappa shape index (κ3) is 2.74. The van der Waals surface area contributed by atoms with E-state index in [1.807, 2.05) is 12.1 Å². The van der Waals surface area contributed by atoms with Crippen molar-refractivity contribution in [1.29, 1.82) is 0 Å². The first-order valence-electron chi connectivity index (χ1n) is 7.01. The third-order valence-electron chi connectivity index (χ3n) is 3.76. The van der Waals surface area contributed by atoms with Gasteiger partial charge in [-0.15, -0.1) is 0 Å². The Morgan fingerprint density at radius 1 is 1.25 bits per heavy atom. The Morgan fingerprint density at radius 2 is 2.10 bits per heavy atom. The van der Waals surface area contributed by atoms with E-state index in [0.717, 1.165) is 16.6 Å². The molecule has 104 valence electrons. The summed E-state index contributed by atoms with van der Waals surface area (Å²) in [5.74, 6) is 1.01. The molecule has 2 aromatic rings. The predicted molar refractivity (Wildman–Crippen MR) is 85.0 cm³/mol. The van der Waals surface area contributed by atoms with E-state index in [0.29, 0.717) is 12.6 Å². The van der Waals surface area contributed by atoms with Gasteiger partial charge in [0.05, 0.1) is 6.04 Å². The fraction of sp³-hybridized carbons (Fsp3) is 0.294. The molecule has 0 aliphatic carbocycles. The van der Waals surface area contributed by atoms with Gasteiger partial charge in [0.15, 0.2) is 0 Å².